The van der Waals surface area contributed by atoms with Crippen LogP contribution in [-0.4, -0.2) is 140 Å². The van der Waals surface area contributed by atoms with Crippen LogP contribution in [0.1, 0.15) is 285 Å². The molecule has 4 unspecified atom stereocenters. The van der Waals surface area contributed by atoms with Crippen LogP contribution in [0.4, 0.5) is 0 Å². The van der Waals surface area contributed by atoms with Gasteiger partial charge in [0.1, 0.15) is 0 Å². The summed E-state index contributed by atoms with van der Waals surface area (Å²) in [6.07, 6.45) is 52.0. The van der Waals surface area contributed by atoms with Gasteiger partial charge in [-0.25, -0.2) is 0 Å². The van der Waals surface area contributed by atoms with E-state index in [4.69, 9.17) is 0 Å². The zero-order valence-corrected chi connectivity index (χ0v) is 52.1. The van der Waals surface area contributed by atoms with Gasteiger partial charge in [0, 0.05) is 62.3 Å². The summed E-state index contributed by atoms with van der Waals surface area (Å²) in [5, 5.41) is 45.5. The van der Waals surface area contributed by atoms with Crippen LogP contribution in [-0.2, 0) is 0 Å². The summed E-state index contributed by atoms with van der Waals surface area (Å²) < 4.78 is 0. The number of aliphatic hydroxyl groups is 4. The van der Waals surface area contributed by atoms with Crippen LogP contribution in [0.3, 0.4) is 0 Å². The molecule has 0 saturated heterocycles. The van der Waals surface area contributed by atoms with E-state index in [1.165, 1.54) is 257 Å². The highest BCUT2D eigenvalue weighted by Gasteiger charge is 2.21. The van der Waals surface area contributed by atoms with E-state index in [2.05, 4.69) is 37.5 Å². The fourth-order valence-corrected chi connectivity index (χ4v) is 13.7. The average molecular weight is 1090 g/mol. The molecule has 0 aliphatic carbocycles. The monoisotopic (exact) mass is 1090 g/mol. The van der Waals surface area contributed by atoms with Crippen LogP contribution in [0.5, 0.6) is 0 Å². The molecule has 72 heavy (non-hydrogen) atoms. The van der Waals surface area contributed by atoms with Gasteiger partial charge in [-0.2, -0.15) is 47.0 Å². The molecule has 4 N–H and O–H groups in total. The maximum absolute atomic E-state index is 11.4. The Kier molecular flexibility index (Phi) is 62.4. The topological polar surface area (TPSA) is 87.4 Å². The van der Waals surface area contributed by atoms with Gasteiger partial charge in [-0.3, -0.25) is 9.80 Å². The first-order chi connectivity index (χ1) is 35.4. The second-order valence-corrected chi connectivity index (χ2v) is 26.8. The van der Waals surface area contributed by atoms with Crippen molar-refractivity contribution in [3.05, 3.63) is 0 Å². The van der Waals surface area contributed by atoms with E-state index in [0.29, 0.717) is 39.3 Å². The molecule has 4 atom stereocenters. The fraction of sp³-hybridized carbons (Fsp3) is 1.00. The highest BCUT2D eigenvalue weighted by atomic mass is 32.2. The quantitative estimate of drug-likeness (QED) is 0.0442. The second-order valence-electron chi connectivity index (χ2n) is 22.2. The lowest BCUT2D eigenvalue weighted by atomic mass is 10.1. The van der Waals surface area contributed by atoms with Gasteiger partial charge < -0.3 is 20.4 Å². The van der Waals surface area contributed by atoms with E-state index < -0.39 is 24.4 Å². The van der Waals surface area contributed by atoms with Gasteiger partial charge in [-0.05, 0) is 48.7 Å². The highest BCUT2D eigenvalue weighted by Crippen LogP contribution is 2.19. The Morgan fingerprint density at radius 3 is 0.556 bits per heavy atom. The molecule has 0 radical (unpaired) electrons. The summed E-state index contributed by atoms with van der Waals surface area (Å²) in [5.41, 5.74) is 0. The zero-order valence-electron chi connectivity index (χ0n) is 48.8. The minimum absolute atomic E-state index is 0.446. The molecular weight excluding hydrogens is 965 g/mol. The van der Waals surface area contributed by atoms with Crippen molar-refractivity contribution >= 4 is 47.0 Å². The average Bonchev–Trinajstić information content (AvgIpc) is 3.36. The molecular formula is C62H128N2O4S4. The van der Waals surface area contributed by atoms with Crippen LogP contribution < -0.4 is 0 Å². The number of aliphatic hydroxyl groups excluding tert-OH is 4. The van der Waals surface area contributed by atoms with Gasteiger partial charge in [0.15, 0.2) is 0 Å². The molecule has 0 heterocycles. The summed E-state index contributed by atoms with van der Waals surface area (Å²) in [5.74, 6) is 7.31. The van der Waals surface area contributed by atoms with E-state index in [1.54, 1.807) is 0 Å². The van der Waals surface area contributed by atoms with Crippen molar-refractivity contribution in [3.8, 4) is 0 Å². The van der Waals surface area contributed by atoms with Crippen LogP contribution in [0.25, 0.3) is 0 Å². The molecule has 6 nitrogen and oxygen atoms in total. The Labute approximate surface area is 468 Å². The Morgan fingerprint density at radius 2 is 0.389 bits per heavy atom. The van der Waals surface area contributed by atoms with Crippen molar-refractivity contribution < 1.29 is 20.4 Å². The predicted molar refractivity (Wildman–Crippen MR) is 334 cm³/mol. The smallest absolute Gasteiger partial charge is 0.0757 e. The van der Waals surface area contributed by atoms with Crippen LogP contribution >= 0.6 is 47.0 Å². The molecule has 0 aliphatic heterocycles. The third-order valence-electron chi connectivity index (χ3n) is 14.4. The molecule has 0 saturated carbocycles. The molecule has 0 aliphatic rings. The first-order valence-electron chi connectivity index (χ1n) is 31.8. The van der Waals surface area contributed by atoms with Gasteiger partial charge >= 0.3 is 0 Å². The second kappa shape index (κ2) is 61.4. The van der Waals surface area contributed by atoms with Gasteiger partial charge in [0.05, 0.1) is 24.4 Å². The van der Waals surface area contributed by atoms with Gasteiger partial charge in [-0.1, -0.05) is 259 Å². The number of unbranched alkanes of at least 4 members (excludes halogenated alkanes) is 36. The fourth-order valence-electron chi connectivity index (χ4n) is 9.84. The Bertz CT molecular complexity index is 859. The van der Waals surface area contributed by atoms with Gasteiger partial charge in [0.25, 0.3) is 0 Å². The number of hydrogen-bond acceptors (Lipinski definition) is 10. The first kappa shape index (κ1) is 73.2. The molecule has 0 amide bonds. The van der Waals surface area contributed by atoms with Crippen molar-refractivity contribution in [2.45, 2.75) is 309 Å². The SMILES string of the molecule is CCCCCCCCCCCCSCC(O)CN(CCN(CC(O)CSCCCCCCCCCCCC)CC(O)CSCCCCCCCCCCCC)CC(O)CSCCCCCCCCCCCC. The summed E-state index contributed by atoms with van der Waals surface area (Å²) >= 11 is 7.54. The minimum atomic E-state index is -0.446. The van der Waals surface area contributed by atoms with Crippen LogP contribution in [0, 0.1) is 0 Å². The van der Waals surface area contributed by atoms with E-state index in [9.17, 15) is 20.4 Å². The summed E-state index contributed by atoms with van der Waals surface area (Å²) in [7, 11) is 0. The number of hydrogen-bond donors (Lipinski definition) is 4. The molecule has 0 aromatic heterocycles. The van der Waals surface area contributed by atoms with Crippen molar-refractivity contribution in [1.29, 1.82) is 0 Å². The lowest BCUT2D eigenvalue weighted by molar-refractivity contribution is 0.0573. The number of nitrogens with zero attached hydrogens (tertiary/aromatic N) is 2. The molecule has 0 aromatic carbocycles. The molecule has 0 rings (SSSR count). The molecule has 434 valence electrons. The predicted octanol–water partition coefficient (Wildman–Crippen LogP) is 17.7. The third kappa shape index (κ3) is 57.3. The largest absolute Gasteiger partial charge is 0.391 e. The maximum Gasteiger partial charge on any atom is 0.0757 e. The lowest BCUT2D eigenvalue weighted by Gasteiger charge is -2.32. The first-order valence-corrected chi connectivity index (χ1v) is 36.5. The molecule has 0 fully saturated rings. The zero-order chi connectivity index (χ0) is 52.5. The molecule has 0 bridgehead atoms. The van der Waals surface area contributed by atoms with Gasteiger partial charge in [0.2, 0.25) is 0 Å². The number of rotatable bonds is 63. The summed E-state index contributed by atoms with van der Waals surface area (Å²) in [4.78, 5) is 4.56. The van der Waals surface area contributed by atoms with Crippen molar-refractivity contribution in [2.24, 2.45) is 0 Å². The van der Waals surface area contributed by atoms with E-state index >= 15 is 0 Å². The highest BCUT2D eigenvalue weighted by molar-refractivity contribution is 7.99. The third-order valence-corrected chi connectivity index (χ3v) is 19.2. The van der Waals surface area contributed by atoms with Crippen molar-refractivity contribution in [1.82, 2.24) is 9.80 Å². The Hall–Kier alpha value is 1.16. The van der Waals surface area contributed by atoms with Crippen LogP contribution in [0.2, 0.25) is 0 Å². The standard InChI is InChI=1S/C62H128N2O4S4/c1-5-9-13-17-21-25-29-33-37-41-47-69-55-59(65)51-63(52-60(66)56-70-48-42-38-34-30-26-22-18-14-10-6-2)45-46-64(53-61(67)57-71-49-43-39-35-31-27-23-19-15-11-7-3)54-62(68)58-72-50-44-40-36-32-28-24-20-16-12-8-4/h59-62,65-68H,5-58H2,1-4H3. The molecule has 10 heteroatoms. The minimum Gasteiger partial charge on any atom is -0.391 e. The molecule has 0 spiro atoms. The van der Waals surface area contributed by atoms with Gasteiger partial charge in [-0.15, -0.1) is 0 Å². The summed E-state index contributed by atoms with van der Waals surface area (Å²) in [6, 6.07) is 0. The Balaban J connectivity index is 5.25. The Morgan fingerprint density at radius 1 is 0.236 bits per heavy atom. The van der Waals surface area contributed by atoms with Crippen LogP contribution in [0.15, 0.2) is 0 Å². The van der Waals surface area contributed by atoms with E-state index in [-0.39, 0.29) is 0 Å². The van der Waals surface area contributed by atoms with E-state index in [1.807, 2.05) is 47.0 Å². The lowest BCUT2D eigenvalue weighted by Crippen LogP contribution is -2.47. The van der Waals surface area contributed by atoms with Crippen molar-refractivity contribution in [3.63, 3.8) is 0 Å². The maximum atomic E-state index is 11.4. The molecule has 0 aromatic rings. The normalized spacial score (nSPS) is 13.8. The summed E-state index contributed by atoms with van der Waals surface area (Å²) in [6.45, 7) is 12.8. The number of thioether (sulfide) groups is 4. The van der Waals surface area contributed by atoms with Crippen molar-refractivity contribution in [2.75, 3.05) is 85.3 Å². The van der Waals surface area contributed by atoms with E-state index in [0.717, 1.165) is 46.0 Å².